The third-order valence-corrected chi connectivity index (χ3v) is 4.67. The van der Waals surface area contributed by atoms with E-state index >= 15 is 0 Å². The molecule has 1 heterocycles. The van der Waals surface area contributed by atoms with Crippen LogP contribution < -0.4 is 10.6 Å². The number of anilines is 1. The zero-order valence-corrected chi connectivity index (χ0v) is 20.3. The zero-order chi connectivity index (χ0) is 23.6. The summed E-state index contributed by atoms with van der Waals surface area (Å²) in [6, 6.07) is 9.47. The number of hydrogen-bond donors (Lipinski definition) is 2. The van der Waals surface area contributed by atoms with E-state index in [9.17, 15) is 9.59 Å². The summed E-state index contributed by atoms with van der Waals surface area (Å²) in [5.41, 5.74) is 2.29. The van der Waals surface area contributed by atoms with Gasteiger partial charge in [-0.15, -0.1) is 0 Å². The number of carbonyl (C=O) groups excluding carboxylic acids is 2. The van der Waals surface area contributed by atoms with Crippen LogP contribution in [-0.2, 0) is 10.2 Å². The molecular formula is C24H37N5O2. The van der Waals surface area contributed by atoms with Crippen molar-refractivity contribution in [1.29, 1.82) is 0 Å². The molecule has 31 heavy (non-hydrogen) atoms. The fourth-order valence-corrected chi connectivity index (χ4v) is 3.01. The number of aromatic nitrogens is 2. The molecule has 0 saturated carbocycles. The number of nitrogens with zero attached hydrogens (tertiary/aromatic N) is 3. The van der Waals surface area contributed by atoms with Gasteiger partial charge in [-0.3, -0.25) is 4.79 Å². The molecule has 7 nitrogen and oxygen atoms in total. The second-order valence-corrected chi connectivity index (χ2v) is 10.4. The molecule has 0 aliphatic carbocycles. The molecule has 7 heteroatoms. The maximum Gasteiger partial charge on any atom is 0.318 e. The van der Waals surface area contributed by atoms with E-state index in [2.05, 4.69) is 31.4 Å². The quantitative estimate of drug-likeness (QED) is 0.730. The van der Waals surface area contributed by atoms with Crippen LogP contribution in [0.3, 0.4) is 0 Å². The monoisotopic (exact) mass is 427 g/mol. The van der Waals surface area contributed by atoms with E-state index in [0.717, 1.165) is 16.9 Å². The minimum Gasteiger partial charge on any atom is -0.333 e. The lowest BCUT2D eigenvalue weighted by Crippen LogP contribution is -2.52. The van der Waals surface area contributed by atoms with Gasteiger partial charge in [-0.05, 0) is 59.2 Å². The summed E-state index contributed by atoms with van der Waals surface area (Å²) in [6.45, 7) is 17.7. The lowest BCUT2D eigenvalue weighted by Gasteiger charge is -2.30. The number of aryl methyl sites for hydroxylation is 1. The van der Waals surface area contributed by atoms with Gasteiger partial charge in [0.05, 0.1) is 11.4 Å². The summed E-state index contributed by atoms with van der Waals surface area (Å²) >= 11 is 0. The van der Waals surface area contributed by atoms with Crippen molar-refractivity contribution >= 4 is 17.8 Å². The Hall–Kier alpha value is -2.83. The first-order valence-corrected chi connectivity index (χ1v) is 10.7. The van der Waals surface area contributed by atoms with Gasteiger partial charge in [-0.1, -0.05) is 32.9 Å². The molecule has 2 N–H and O–H groups in total. The Morgan fingerprint density at radius 1 is 1.10 bits per heavy atom. The Labute approximate surface area is 186 Å². The van der Waals surface area contributed by atoms with Gasteiger partial charge < -0.3 is 15.5 Å². The van der Waals surface area contributed by atoms with E-state index in [1.165, 1.54) is 4.90 Å². The van der Waals surface area contributed by atoms with Crippen LogP contribution in [0.2, 0.25) is 0 Å². The molecule has 0 fully saturated rings. The van der Waals surface area contributed by atoms with Gasteiger partial charge in [0.2, 0.25) is 5.91 Å². The summed E-state index contributed by atoms with van der Waals surface area (Å²) in [7, 11) is 0. The Bertz CT molecular complexity index is 932. The molecule has 0 aliphatic rings. The molecular weight excluding hydrogens is 390 g/mol. The second-order valence-electron chi connectivity index (χ2n) is 10.4. The maximum atomic E-state index is 12.9. The summed E-state index contributed by atoms with van der Waals surface area (Å²) in [5, 5.41) is 10.6. The summed E-state index contributed by atoms with van der Waals surface area (Å²) in [5.74, 6) is 0.312. The Morgan fingerprint density at radius 3 is 2.26 bits per heavy atom. The SMILES string of the molecule is Cc1cccc(-n2nc(C(C)(C)C)cc2NC(=O)CN(C(=O)NC(C)(C)C)C(C)C)c1. The predicted octanol–water partition coefficient (Wildman–Crippen LogP) is 4.64. The van der Waals surface area contributed by atoms with Crippen molar-refractivity contribution in [2.24, 2.45) is 0 Å². The highest BCUT2D eigenvalue weighted by atomic mass is 16.2. The standard InChI is InChI=1S/C24H37N5O2/c1-16(2)28(22(31)26-24(7,8)9)15-21(30)25-20-14-19(23(4,5)6)27-29(20)18-12-10-11-17(3)13-18/h10-14,16H,15H2,1-9H3,(H,25,30)(H,26,31). The molecule has 0 bridgehead atoms. The Morgan fingerprint density at radius 2 is 1.74 bits per heavy atom. The van der Waals surface area contributed by atoms with Gasteiger partial charge in [-0.2, -0.15) is 5.10 Å². The van der Waals surface area contributed by atoms with Crippen molar-refractivity contribution in [2.75, 3.05) is 11.9 Å². The summed E-state index contributed by atoms with van der Waals surface area (Å²) in [4.78, 5) is 27.1. The topological polar surface area (TPSA) is 79.3 Å². The molecule has 0 aliphatic heterocycles. The van der Waals surface area contributed by atoms with Gasteiger partial charge in [0.25, 0.3) is 0 Å². The van der Waals surface area contributed by atoms with Crippen molar-refractivity contribution < 1.29 is 9.59 Å². The number of nitrogens with one attached hydrogen (secondary N) is 2. The summed E-state index contributed by atoms with van der Waals surface area (Å²) < 4.78 is 1.75. The third kappa shape index (κ3) is 6.84. The smallest absolute Gasteiger partial charge is 0.318 e. The van der Waals surface area contributed by atoms with Gasteiger partial charge in [0.15, 0.2) is 0 Å². The molecule has 2 rings (SSSR count). The Balaban J connectivity index is 2.30. The van der Waals surface area contributed by atoms with Gasteiger partial charge in [0, 0.05) is 23.1 Å². The molecule has 3 amide bonds. The molecule has 0 radical (unpaired) electrons. The lowest BCUT2D eigenvalue weighted by atomic mass is 9.92. The normalized spacial score (nSPS) is 12.1. The molecule has 2 aromatic rings. The van der Waals surface area contributed by atoms with Crippen molar-refractivity contribution in [3.05, 3.63) is 41.6 Å². The number of urea groups is 1. The highest BCUT2D eigenvalue weighted by molar-refractivity contribution is 5.94. The molecule has 1 aromatic carbocycles. The fourth-order valence-electron chi connectivity index (χ4n) is 3.01. The fraction of sp³-hybridized carbons (Fsp3) is 0.542. The molecule has 170 valence electrons. The summed E-state index contributed by atoms with van der Waals surface area (Å²) in [6.07, 6.45) is 0. The highest BCUT2D eigenvalue weighted by Crippen LogP contribution is 2.26. The average molecular weight is 428 g/mol. The van der Waals surface area contributed by atoms with Crippen LogP contribution >= 0.6 is 0 Å². The predicted molar refractivity (Wildman–Crippen MR) is 126 cm³/mol. The third-order valence-electron chi connectivity index (χ3n) is 4.67. The molecule has 1 aromatic heterocycles. The first-order valence-electron chi connectivity index (χ1n) is 10.7. The van der Waals surface area contributed by atoms with Crippen LogP contribution in [0.15, 0.2) is 30.3 Å². The largest absolute Gasteiger partial charge is 0.333 e. The van der Waals surface area contributed by atoms with Gasteiger partial charge >= 0.3 is 6.03 Å². The van der Waals surface area contributed by atoms with Crippen molar-refractivity contribution in [3.63, 3.8) is 0 Å². The number of amides is 3. The minimum atomic E-state index is -0.383. The van der Waals surface area contributed by atoms with Crippen molar-refractivity contribution in [3.8, 4) is 5.69 Å². The van der Waals surface area contributed by atoms with Crippen LogP contribution in [0.4, 0.5) is 10.6 Å². The highest BCUT2D eigenvalue weighted by Gasteiger charge is 2.26. The minimum absolute atomic E-state index is 0.0522. The van der Waals surface area contributed by atoms with Crippen LogP contribution in [0.1, 0.15) is 66.6 Å². The van der Waals surface area contributed by atoms with Gasteiger partial charge in [-0.25, -0.2) is 9.48 Å². The zero-order valence-electron chi connectivity index (χ0n) is 20.3. The number of carbonyl (C=O) groups is 2. The van der Waals surface area contributed by atoms with E-state index in [-0.39, 0.29) is 35.5 Å². The van der Waals surface area contributed by atoms with E-state index < -0.39 is 0 Å². The second kappa shape index (κ2) is 9.12. The average Bonchev–Trinajstić information content (AvgIpc) is 3.02. The van der Waals surface area contributed by atoms with Crippen LogP contribution in [0.25, 0.3) is 5.69 Å². The van der Waals surface area contributed by atoms with Crippen LogP contribution in [0, 0.1) is 6.92 Å². The number of rotatable bonds is 5. The molecule has 0 atom stereocenters. The first kappa shape index (κ1) is 24.4. The Kier molecular flexibility index (Phi) is 7.19. The maximum absolute atomic E-state index is 12.9. The van der Waals surface area contributed by atoms with Crippen LogP contribution in [-0.4, -0.2) is 44.7 Å². The molecule has 0 saturated heterocycles. The van der Waals surface area contributed by atoms with Crippen LogP contribution in [0.5, 0.6) is 0 Å². The van der Waals surface area contributed by atoms with E-state index in [4.69, 9.17) is 5.10 Å². The number of benzene rings is 1. The van der Waals surface area contributed by atoms with E-state index in [0.29, 0.717) is 5.82 Å². The first-order chi connectivity index (χ1) is 14.2. The van der Waals surface area contributed by atoms with Gasteiger partial charge in [0.1, 0.15) is 12.4 Å². The van der Waals surface area contributed by atoms with E-state index in [1.54, 1.807) is 4.68 Å². The number of hydrogen-bond acceptors (Lipinski definition) is 3. The van der Waals surface area contributed by atoms with Crippen molar-refractivity contribution in [1.82, 2.24) is 20.0 Å². The van der Waals surface area contributed by atoms with E-state index in [1.807, 2.05) is 71.9 Å². The molecule has 0 spiro atoms. The lowest BCUT2D eigenvalue weighted by molar-refractivity contribution is -0.117. The van der Waals surface area contributed by atoms with Crippen molar-refractivity contribution in [2.45, 2.75) is 79.3 Å². The molecule has 0 unspecified atom stereocenters.